The highest BCUT2D eigenvalue weighted by Gasteiger charge is 2.26. The molecule has 0 aliphatic heterocycles. The van der Waals surface area contributed by atoms with Gasteiger partial charge in [-0.1, -0.05) is 49.4 Å². The normalized spacial score (nSPS) is 14.8. The van der Waals surface area contributed by atoms with Crippen LogP contribution >= 0.6 is 0 Å². The minimum Gasteiger partial charge on any atom is -0.466 e. The van der Waals surface area contributed by atoms with E-state index in [4.69, 9.17) is 4.52 Å². The zero-order valence-corrected chi connectivity index (χ0v) is 19.8. The number of rotatable bonds is 10. The van der Waals surface area contributed by atoms with Gasteiger partial charge in [-0.3, -0.25) is 4.79 Å². The summed E-state index contributed by atoms with van der Waals surface area (Å²) in [5.41, 5.74) is 1.74. The van der Waals surface area contributed by atoms with Crippen molar-refractivity contribution in [1.82, 2.24) is 10.1 Å². The molecule has 0 saturated heterocycles. The molecule has 0 N–H and O–H groups in total. The van der Waals surface area contributed by atoms with Crippen LogP contribution in [-0.2, 0) is 20.7 Å². The number of nitrogens with zero attached hydrogens (tertiary/aromatic N) is 3. The van der Waals surface area contributed by atoms with Crippen LogP contribution in [0.4, 0.5) is 5.69 Å². The molecule has 1 amide bonds. The van der Waals surface area contributed by atoms with Gasteiger partial charge in [0.1, 0.15) is 0 Å². The molecule has 0 unspecified atom stereocenters. The summed E-state index contributed by atoms with van der Waals surface area (Å²) in [7, 11) is 1.36. The topological polar surface area (TPSA) is 85.5 Å². The average Bonchev–Trinajstić information content (AvgIpc) is 3.07. The number of ether oxygens (including phenoxy) is 1. The van der Waals surface area contributed by atoms with Crippen LogP contribution in [0.1, 0.15) is 75.1 Å². The largest absolute Gasteiger partial charge is 0.466 e. The van der Waals surface area contributed by atoms with Crippen LogP contribution < -0.4 is 4.90 Å². The fourth-order valence-electron chi connectivity index (χ4n) is 4.31. The molecule has 0 radical (unpaired) electrons. The molecule has 1 heterocycles. The van der Waals surface area contributed by atoms with Gasteiger partial charge >= 0.3 is 5.97 Å². The van der Waals surface area contributed by atoms with Crippen LogP contribution in [-0.4, -0.2) is 35.7 Å². The first-order chi connectivity index (χ1) is 16.1. The first-order valence-electron chi connectivity index (χ1n) is 12.0. The van der Waals surface area contributed by atoms with Gasteiger partial charge in [0, 0.05) is 30.6 Å². The minimum atomic E-state index is -0.400. The fraction of sp³-hybridized carbons (Fsp3) is 0.538. The van der Waals surface area contributed by atoms with E-state index in [2.05, 4.69) is 14.9 Å². The van der Waals surface area contributed by atoms with E-state index in [0.717, 1.165) is 62.6 Å². The highest BCUT2D eigenvalue weighted by molar-refractivity contribution is 5.95. The Labute approximate surface area is 196 Å². The van der Waals surface area contributed by atoms with Crippen LogP contribution in [0.25, 0.3) is 6.08 Å². The van der Waals surface area contributed by atoms with Gasteiger partial charge in [-0.25, -0.2) is 4.79 Å². The molecular formula is C26H35N3O4. The summed E-state index contributed by atoms with van der Waals surface area (Å²) in [6, 6.07) is 7.79. The average molecular weight is 454 g/mol. The molecule has 7 heteroatoms. The summed E-state index contributed by atoms with van der Waals surface area (Å²) >= 11 is 0. The molecule has 178 valence electrons. The molecule has 0 bridgehead atoms. The Bertz CT molecular complexity index is 929. The Kier molecular flexibility index (Phi) is 9.66. The molecule has 0 spiro atoms. The summed E-state index contributed by atoms with van der Waals surface area (Å²) < 4.78 is 9.87. The number of carbonyl (C=O) groups excluding carboxylic acids is 2. The van der Waals surface area contributed by atoms with Gasteiger partial charge in [-0.2, -0.15) is 4.98 Å². The lowest BCUT2D eigenvalue weighted by Crippen LogP contribution is -2.37. The molecule has 2 aromatic rings. The number of carbonyl (C=O) groups is 2. The van der Waals surface area contributed by atoms with Crippen molar-refractivity contribution in [2.45, 2.75) is 71.1 Å². The van der Waals surface area contributed by atoms with Crippen molar-refractivity contribution < 1.29 is 18.8 Å². The molecule has 0 atom stereocenters. The lowest BCUT2D eigenvalue weighted by atomic mass is 9.98. The summed E-state index contributed by atoms with van der Waals surface area (Å²) in [5, 5.41) is 3.83. The zero-order chi connectivity index (χ0) is 23.5. The highest BCUT2D eigenvalue weighted by atomic mass is 16.5. The minimum absolute atomic E-state index is 0.0862. The smallest absolute Gasteiger partial charge is 0.330 e. The van der Waals surface area contributed by atoms with E-state index >= 15 is 0 Å². The Morgan fingerprint density at radius 3 is 2.64 bits per heavy atom. The predicted molar refractivity (Wildman–Crippen MR) is 128 cm³/mol. The highest BCUT2D eigenvalue weighted by Crippen LogP contribution is 2.28. The van der Waals surface area contributed by atoms with E-state index in [1.54, 1.807) is 6.08 Å². The van der Waals surface area contributed by atoms with Crippen molar-refractivity contribution in [3.63, 3.8) is 0 Å². The molecule has 3 rings (SSSR count). The van der Waals surface area contributed by atoms with Gasteiger partial charge in [0.25, 0.3) is 0 Å². The van der Waals surface area contributed by atoms with Crippen LogP contribution in [0.15, 0.2) is 34.9 Å². The number of amides is 1. The summed E-state index contributed by atoms with van der Waals surface area (Å²) in [6.45, 7) is 2.49. The molecule has 1 aromatic carbocycles. The van der Waals surface area contributed by atoms with Crippen LogP contribution in [0, 0.1) is 12.8 Å². The number of unbranched alkanes of at least 4 members (excludes halogenated alkanes) is 2. The molecule has 1 aliphatic carbocycles. The van der Waals surface area contributed by atoms with Crippen molar-refractivity contribution in [2.24, 2.45) is 5.92 Å². The van der Waals surface area contributed by atoms with Crippen molar-refractivity contribution in [2.75, 3.05) is 18.6 Å². The number of aromatic nitrogens is 2. The number of hydrogen-bond acceptors (Lipinski definition) is 6. The molecule has 7 nitrogen and oxygen atoms in total. The van der Waals surface area contributed by atoms with Crippen molar-refractivity contribution in [3.05, 3.63) is 47.6 Å². The molecule has 33 heavy (non-hydrogen) atoms. The molecule has 1 saturated carbocycles. The van der Waals surface area contributed by atoms with Gasteiger partial charge in [-0.15, -0.1) is 0 Å². The van der Waals surface area contributed by atoms with E-state index in [1.165, 1.54) is 26.0 Å². The third-order valence-corrected chi connectivity index (χ3v) is 6.11. The second-order valence-corrected chi connectivity index (χ2v) is 8.68. The molecule has 1 aliphatic rings. The third-order valence-electron chi connectivity index (χ3n) is 6.11. The number of hydrogen-bond donors (Lipinski definition) is 0. The summed E-state index contributed by atoms with van der Waals surface area (Å²) in [6.07, 6.45) is 13.3. The van der Waals surface area contributed by atoms with Gasteiger partial charge in [-0.05, 0) is 56.4 Å². The second-order valence-electron chi connectivity index (χ2n) is 8.68. The van der Waals surface area contributed by atoms with Gasteiger partial charge in [0.05, 0.1) is 7.11 Å². The molecule has 1 aromatic heterocycles. The first kappa shape index (κ1) is 24.7. The van der Waals surface area contributed by atoms with Crippen molar-refractivity contribution in [1.29, 1.82) is 0 Å². The molecular weight excluding hydrogens is 418 g/mol. The lowest BCUT2D eigenvalue weighted by Gasteiger charge is -2.27. The quantitative estimate of drug-likeness (QED) is 0.211. The van der Waals surface area contributed by atoms with Crippen molar-refractivity contribution in [3.8, 4) is 0 Å². The maximum Gasteiger partial charge on any atom is 0.330 e. The Morgan fingerprint density at radius 2 is 1.94 bits per heavy atom. The standard InChI is InChI=1S/C26H35N3O4/c1-20-27-24(33-28-20)15-8-5-9-18-29(26(31)22-12-6-3-4-7-13-22)23-14-10-11-21(19-23)16-17-25(30)32-2/h10-11,14,16-17,19,22H,3-9,12-13,15,18H2,1-2H3/b17-16+. The first-order valence-corrected chi connectivity index (χ1v) is 12.0. The second kappa shape index (κ2) is 12.9. The Morgan fingerprint density at radius 1 is 1.15 bits per heavy atom. The van der Waals surface area contributed by atoms with E-state index in [-0.39, 0.29) is 11.8 Å². The lowest BCUT2D eigenvalue weighted by molar-refractivity contribution is -0.134. The van der Waals surface area contributed by atoms with E-state index in [0.29, 0.717) is 18.3 Å². The Hall–Kier alpha value is -2.96. The van der Waals surface area contributed by atoms with Gasteiger partial charge < -0.3 is 14.2 Å². The monoisotopic (exact) mass is 453 g/mol. The Balaban J connectivity index is 1.67. The van der Waals surface area contributed by atoms with Gasteiger partial charge in [0.2, 0.25) is 11.8 Å². The van der Waals surface area contributed by atoms with Crippen LogP contribution in [0.5, 0.6) is 0 Å². The summed E-state index contributed by atoms with van der Waals surface area (Å²) in [4.78, 5) is 31.2. The summed E-state index contributed by atoms with van der Waals surface area (Å²) in [5.74, 6) is 1.24. The van der Waals surface area contributed by atoms with E-state index in [9.17, 15) is 9.59 Å². The molecule has 1 fully saturated rings. The van der Waals surface area contributed by atoms with E-state index < -0.39 is 5.97 Å². The van der Waals surface area contributed by atoms with Crippen LogP contribution in [0.2, 0.25) is 0 Å². The number of aryl methyl sites for hydroxylation is 2. The maximum atomic E-state index is 13.6. The number of anilines is 1. The van der Waals surface area contributed by atoms with Crippen LogP contribution in [0.3, 0.4) is 0 Å². The predicted octanol–water partition coefficient (Wildman–Crippen LogP) is 5.28. The number of benzene rings is 1. The van der Waals surface area contributed by atoms with Crippen molar-refractivity contribution >= 4 is 23.6 Å². The number of methoxy groups -OCH3 is 1. The fourth-order valence-corrected chi connectivity index (χ4v) is 4.31. The number of esters is 1. The van der Waals surface area contributed by atoms with E-state index in [1.807, 2.05) is 36.1 Å². The zero-order valence-electron chi connectivity index (χ0n) is 19.8. The van der Waals surface area contributed by atoms with Gasteiger partial charge in [0.15, 0.2) is 5.82 Å². The third kappa shape index (κ3) is 7.84. The maximum absolute atomic E-state index is 13.6. The SMILES string of the molecule is COC(=O)/C=C/c1cccc(N(CCCCCc2nc(C)no2)C(=O)C2CCCCCC2)c1.